The molecule has 0 fully saturated rings. The zero-order valence-corrected chi connectivity index (χ0v) is 12.7. The van der Waals surface area contributed by atoms with Gasteiger partial charge in [0, 0.05) is 12.1 Å². The minimum atomic E-state index is -0.248. The molecule has 2 heterocycles. The number of hydrogen-bond acceptors (Lipinski definition) is 3. The van der Waals surface area contributed by atoms with Crippen molar-refractivity contribution in [2.24, 2.45) is 7.05 Å². The molecule has 20 heavy (non-hydrogen) atoms. The van der Waals surface area contributed by atoms with E-state index in [-0.39, 0.29) is 18.0 Å². The van der Waals surface area contributed by atoms with Gasteiger partial charge in [0.05, 0.1) is 12.0 Å². The van der Waals surface area contributed by atoms with Crippen molar-refractivity contribution in [3.63, 3.8) is 0 Å². The Kier molecular flexibility index (Phi) is 3.99. The van der Waals surface area contributed by atoms with E-state index in [1.807, 2.05) is 0 Å². The summed E-state index contributed by atoms with van der Waals surface area (Å²) in [6.07, 6.45) is 1.57. The molecule has 0 aliphatic carbocycles. The number of fused-ring (bicyclic) bond motifs is 1. The first-order valence-corrected chi connectivity index (χ1v) is 6.29. The molecular formula is C12H10Cl2N4OS. The number of H-pyrrole nitrogens is 1. The van der Waals surface area contributed by atoms with E-state index in [0.29, 0.717) is 26.6 Å². The average Bonchev–Trinajstić information content (AvgIpc) is 2.74. The van der Waals surface area contributed by atoms with E-state index in [1.165, 1.54) is 4.57 Å². The summed E-state index contributed by atoms with van der Waals surface area (Å²) < 4.78 is 3.45. The number of hydrogen-bond donors (Lipinski definition) is 1. The Morgan fingerprint density at radius 2 is 1.95 bits per heavy atom. The van der Waals surface area contributed by atoms with Crippen molar-refractivity contribution in [2.45, 2.75) is 0 Å². The third-order valence-corrected chi connectivity index (χ3v) is 3.39. The molecule has 3 rings (SSSR count). The predicted octanol–water partition coefficient (Wildman–Crippen LogP) is 2.86. The highest BCUT2D eigenvalue weighted by Crippen LogP contribution is 2.13. The summed E-state index contributed by atoms with van der Waals surface area (Å²) in [4.78, 5) is 19.5. The molecule has 8 heteroatoms. The van der Waals surface area contributed by atoms with Crippen LogP contribution in [0.4, 0.5) is 0 Å². The van der Waals surface area contributed by atoms with Gasteiger partial charge in [0.25, 0.3) is 5.56 Å². The molecule has 2 aromatic heterocycles. The standard InChI is InChI=1S/C12H9ClN4OS.ClH/c1-16-6-14-9-10(16)15-12(19)17(11(9)18)8-4-2-7(13)3-5-8;/h2-6H,1H3,(H,15,19);1H. The quantitative estimate of drug-likeness (QED) is 0.699. The second-order valence-corrected chi connectivity index (χ2v) is 4.92. The average molecular weight is 329 g/mol. The number of nitrogens with zero attached hydrogens (tertiary/aromatic N) is 3. The van der Waals surface area contributed by atoms with Crippen molar-refractivity contribution < 1.29 is 0 Å². The highest BCUT2D eigenvalue weighted by Gasteiger charge is 2.10. The van der Waals surface area contributed by atoms with E-state index in [1.54, 1.807) is 42.2 Å². The molecule has 104 valence electrons. The Morgan fingerprint density at radius 1 is 1.30 bits per heavy atom. The van der Waals surface area contributed by atoms with Crippen LogP contribution in [-0.4, -0.2) is 19.1 Å². The summed E-state index contributed by atoms with van der Waals surface area (Å²) in [5.41, 5.74) is 1.37. The lowest BCUT2D eigenvalue weighted by molar-refractivity contribution is 0.897. The molecule has 0 atom stereocenters. The number of nitrogens with one attached hydrogen (secondary N) is 1. The van der Waals surface area contributed by atoms with Crippen LogP contribution in [0.25, 0.3) is 16.9 Å². The number of aromatic nitrogens is 4. The van der Waals surface area contributed by atoms with E-state index >= 15 is 0 Å². The first kappa shape index (κ1) is 14.8. The first-order chi connectivity index (χ1) is 9.08. The van der Waals surface area contributed by atoms with Crippen molar-refractivity contribution in [1.82, 2.24) is 19.1 Å². The largest absolute Gasteiger partial charge is 0.320 e. The number of aromatic amines is 1. The minimum Gasteiger partial charge on any atom is -0.320 e. The van der Waals surface area contributed by atoms with Crippen molar-refractivity contribution in [1.29, 1.82) is 0 Å². The summed E-state index contributed by atoms with van der Waals surface area (Å²) in [6.45, 7) is 0. The van der Waals surface area contributed by atoms with Crippen molar-refractivity contribution in [2.75, 3.05) is 0 Å². The Bertz CT molecular complexity index is 879. The van der Waals surface area contributed by atoms with Gasteiger partial charge < -0.3 is 9.55 Å². The van der Waals surface area contributed by atoms with Gasteiger partial charge in [-0.1, -0.05) is 11.6 Å². The van der Waals surface area contributed by atoms with Crippen LogP contribution in [0, 0.1) is 4.77 Å². The molecule has 0 amide bonds. The predicted molar refractivity (Wildman–Crippen MR) is 83.8 cm³/mol. The van der Waals surface area contributed by atoms with E-state index in [0.717, 1.165) is 0 Å². The van der Waals surface area contributed by atoms with Crippen LogP contribution >= 0.6 is 36.2 Å². The second-order valence-electron chi connectivity index (χ2n) is 4.10. The SMILES string of the molecule is Cl.Cn1cnc2c(=O)n(-c3ccc(Cl)cc3)c(=S)[nH]c21. The smallest absolute Gasteiger partial charge is 0.287 e. The first-order valence-electron chi connectivity index (χ1n) is 5.50. The molecule has 0 aliphatic heterocycles. The lowest BCUT2D eigenvalue weighted by Gasteiger charge is -2.06. The number of rotatable bonds is 1. The summed E-state index contributed by atoms with van der Waals surface area (Å²) in [5.74, 6) is 0. The van der Waals surface area contributed by atoms with Crippen LogP contribution in [0.1, 0.15) is 0 Å². The van der Waals surface area contributed by atoms with E-state index in [9.17, 15) is 4.79 Å². The molecule has 0 aliphatic rings. The maximum atomic E-state index is 12.4. The van der Waals surface area contributed by atoms with Crippen LogP contribution in [-0.2, 0) is 7.05 Å². The number of benzene rings is 1. The van der Waals surface area contributed by atoms with Gasteiger partial charge in [-0.25, -0.2) is 4.98 Å². The molecule has 0 radical (unpaired) electrons. The van der Waals surface area contributed by atoms with Gasteiger partial charge in [0.1, 0.15) is 5.65 Å². The molecule has 3 aromatic rings. The molecule has 5 nitrogen and oxygen atoms in total. The van der Waals surface area contributed by atoms with Crippen molar-refractivity contribution in [3.8, 4) is 5.69 Å². The molecule has 0 saturated carbocycles. The molecule has 0 saturated heterocycles. The Morgan fingerprint density at radius 3 is 2.60 bits per heavy atom. The Balaban J connectivity index is 0.00000147. The van der Waals surface area contributed by atoms with E-state index < -0.39 is 0 Å². The zero-order valence-electron chi connectivity index (χ0n) is 10.3. The molecule has 0 unspecified atom stereocenters. The molecule has 1 aromatic carbocycles. The lowest BCUT2D eigenvalue weighted by Crippen LogP contribution is -2.20. The Labute approximate surface area is 130 Å². The van der Waals surface area contributed by atoms with Gasteiger partial charge >= 0.3 is 0 Å². The number of aryl methyl sites for hydroxylation is 1. The van der Waals surface area contributed by atoms with Gasteiger partial charge in [0.2, 0.25) is 0 Å². The Hall–Kier alpha value is -1.63. The number of halogens is 2. The fourth-order valence-corrected chi connectivity index (χ4v) is 2.33. The molecular weight excluding hydrogens is 319 g/mol. The zero-order chi connectivity index (χ0) is 13.6. The van der Waals surface area contributed by atoms with Crippen LogP contribution < -0.4 is 5.56 Å². The highest BCUT2D eigenvalue weighted by molar-refractivity contribution is 7.71. The third-order valence-electron chi connectivity index (χ3n) is 2.86. The fourth-order valence-electron chi connectivity index (χ4n) is 1.91. The van der Waals surface area contributed by atoms with E-state index in [4.69, 9.17) is 23.8 Å². The summed E-state index contributed by atoms with van der Waals surface area (Å²) in [7, 11) is 1.80. The normalized spacial score (nSPS) is 10.5. The van der Waals surface area contributed by atoms with Crippen LogP contribution in [0.2, 0.25) is 5.02 Å². The van der Waals surface area contributed by atoms with Crippen LogP contribution in [0.5, 0.6) is 0 Å². The molecule has 0 spiro atoms. The summed E-state index contributed by atoms with van der Waals surface area (Å²) in [6, 6.07) is 6.89. The molecule has 1 N–H and O–H groups in total. The summed E-state index contributed by atoms with van der Waals surface area (Å²) >= 11 is 11.1. The third kappa shape index (κ3) is 2.26. The topological polar surface area (TPSA) is 55.6 Å². The van der Waals surface area contributed by atoms with Crippen LogP contribution in [0.3, 0.4) is 0 Å². The highest BCUT2D eigenvalue weighted by atomic mass is 35.5. The van der Waals surface area contributed by atoms with Gasteiger partial charge in [-0.05, 0) is 36.5 Å². The van der Waals surface area contributed by atoms with Gasteiger partial charge in [0.15, 0.2) is 10.3 Å². The number of imidazole rings is 1. The minimum absolute atomic E-state index is 0. The lowest BCUT2D eigenvalue weighted by atomic mass is 10.3. The fraction of sp³-hybridized carbons (Fsp3) is 0.0833. The second kappa shape index (κ2) is 5.40. The summed E-state index contributed by atoms with van der Waals surface area (Å²) in [5, 5.41) is 0.602. The monoisotopic (exact) mass is 328 g/mol. The van der Waals surface area contributed by atoms with Gasteiger partial charge in [-0.2, -0.15) is 0 Å². The van der Waals surface area contributed by atoms with Crippen LogP contribution in [0.15, 0.2) is 35.4 Å². The molecule has 0 bridgehead atoms. The van der Waals surface area contributed by atoms with E-state index in [2.05, 4.69) is 9.97 Å². The van der Waals surface area contributed by atoms with Gasteiger partial charge in [-0.3, -0.25) is 9.36 Å². The van der Waals surface area contributed by atoms with Gasteiger partial charge in [-0.15, -0.1) is 12.4 Å². The van der Waals surface area contributed by atoms with Crippen molar-refractivity contribution in [3.05, 3.63) is 50.7 Å². The maximum Gasteiger partial charge on any atom is 0.287 e. The van der Waals surface area contributed by atoms with Crippen molar-refractivity contribution >= 4 is 47.4 Å². The maximum absolute atomic E-state index is 12.4.